The lowest BCUT2D eigenvalue weighted by molar-refractivity contribution is -0.0659. The summed E-state index contributed by atoms with van der Waals surface area (Å²) in [7, 11) is -2.17. The van der Waals surface area contributed by atoms with Crippen molar-refractivity contribution in [3.8, 4) is 0 Å². The Bertz CT molecular complexity index is 625. The van der Waals surface area contributed by atoms with Crippen molar-refractivity contribution in [2.24, 2.45) is 0 Å². The average Bonchev–Trinajstić information content (AvgIpc) is 2.83. The summed E-state index contributed by atoms with van der Waals surface area (Å²) in [6.45, 7) is 2.34. The smallest absolute Gasteiger partial charge is 0.352 e. The number of aryl methyl sites for hydroxylation is 1. The number of nitrogens with one attached hydrogen (secondary N) is 1. The number of hydrogen-bond donors (Lipinski definition) is 2. The van der Waals surface area contributed by atoms with Crippen LogP contribution in [0.25, 0.3) is 0 Å². The van der Waals surface area contributed by atoms with E-state index in [-0.39, 0.29) is 17.1 Å². The van der Waals surface area contributed by atoms with E-state index in [1.54, 1.807) is 14.0 Å². The Kier molecular flexibility index (Phi) is 4.40. The van der Waals surface area contributed by atoms with Gasteiger partial charge in [0.15, 0.2) is 0 Å². The van der Waals surface area contributed by atoms with Gasteiger partial charge in [-0.25, -0.2) is 17.9 Å². The molecule has 21 heavy (non-hydrogen) atoms. The van der Waals surface area contributed by atoms with Gasteiger partial charge in [-0.05, 0) is 32.3 Å². The van der Waals surface area contributed by atoms with Crippen molar-refractivity contribution in [1.29, 1.82) is 0 Å². The average molecular weight is 316 g/mol. The predicted octanol–water partition coefficient (Wildman–Crippen LogP) is 1.05. The van der Waals surface area contributed by atoms with Crippen molar-refractivity contribution in [2.75, 3.05) is 13.7 Å². The monoisotopic (exact) mass is 316 g/mol. The van der Waals surface area contributed by atoms with Crippen molar-refractivity contribution in [3.05, 3.63) is 18.0 Å². The van der Waals surface area contributed by atoms with Crippen molar-refractivity contribution in [2.45, 2.75) is 43.2 Å². The highest BCUT2D eigenvalue weighted by atomic mass is 32.2. The fraction of sp³-hybridized carbons (Fsp3) is 0.615. The van der Waals surface area contributed by atoms with E-state index in [1.807, 2.05) is 0 Å². The van der Waals surface area contributed by atoms with E-state index in [9.17, 15) is 13.2 Å². The summed E-state index contributed by atoms with van der Waals surface area (Å²) in [6, 6.07) is 1.18. The van der Waals surface area contributed by atoms with Gasteiger partial charge in [-0.1, -0.05) is 0 Å². The van der Waals surface area contributed by atoms with Crippen LogP contribution in [0.15, 0.2) is 17.2 Å². The van der Waals surface area contributed by atoms with Crippen molar-refractivity contribution in [3.63, 3.8) is 0 Å². The van der Waals surface area contributed by atoms with Gasteiger partial charge in [-0.3, -0.25) is 0 Å². The number of sulfonamides is 1. The molecular weight excluding hydrogens is 296 g/mol. The number of carboxylic acids is 1. The van der Waals surface area contributed by atoms with Crippen molar-refractivity contribution >= 4 is 16.0 Å². The number of carbonyl (C=O) groups is 1. The van der Waals surface area contributed by atoms with Gasteiger partial charge in [0.05, 0.1) is 5.60 Å². The number of aromatic carboxylic acids is 1. The molecule has 1 aliphatic carbocycles. The van der Waals surface area contributed by atoms with E-state index < -0.39 is 21.6 Å². The summed E-state index contributed by atoms with van der Waals surface area (Å²) in [6.07, 6.45) is 4.00. The standard InChI is InChI=1S/C13H20N2O5S/c1-3-15-8-10(7-11(15)12(16)17)21(18,19)14-9-13(20-2)5-4-6-13/h7-8,14H,3-6,9H2,1-2H3,(H,16,17). The largest absolute Gasteiger partial charge is 0.477 e. The maximum atomic E-state index is 12.3. The molecule has 7 nitrogen and oxygen atoms in total. The Hall–Kier alpha value is -1.38. The highest BCUT2D eigenvalue weighted by Gasteiger charge is 2.38. The molecule has 0 bridgehead atoms. The van der Waals surface area contributed by atoms with Gasteiger partial charge in [0.25, 0.3) is 0 Å². The van der Waals surface area contributed by atoms with Crippen LogP contribution in [0.1, 0.15) is 36.7 Å². The first-order chi connectivity index (χ1) is 9.83. The molecule has 2 rings (SSSR count). The van der Waals surface area contributed by atoms with E-state index in [1.165, 1.54) is 16.8 Å². The summed E-state index contributed by atoms with van der Waals surface area (Å²) >= 11 is 0. The second-order valence-electron chi connectivity index (χ2n) is 5.22. The zero-order chi connectivity index (χ0) is 15.7. The fourth-order valence-corrected chi connectivity index (χ4v) is 3.56. The highest BCUT2D eigenvalue weighted by molar-refractivity contribution is 7.89. The van der Waals surface area contributed by atoms with Crippen LogP contribution in [0.3, 0.4) is 0 Å². The van der Waals surface area contributed by atoms with E-state index >= 15 is 0 Å². The third kappa shape index (κ3) is 3.12. The third-order valence-electron chi connectivity index (χ3n) is 4.02. The lowest BCUT2D eigenvalue weighted by atomic mass is 9.80. The minimum absolute atomic E-state index is 0.0349. The van der Waals surface area contributed by atoms with Crippen LogP contribution in [0.5, 0.6) is 0 Å². The van der Waals surface area contributed by atoms with E-state index in [4.69, 9.17) is 9.84 Å². The summed E-state index contributed by atoms with van der Waals surface area (Å²) in [5, 5.41) is 9.06. The molecule has 0 atom stereocenters. The number of nitrogens with zero attached hydrogens (tertiary/aromatic N) is 1. The molecule has 0 spiro atoms. The Balaban J connectivity index is 2.18. The molecule has 1 aliphatic rings. The Morgan fingerprint density at radius 2 is 2.19 bits per heavy atom. The third-order valence-corrected chi connectivity index (χ3v) is 5.39. The molecule has 1 fully saturated rings. The van der Waals surface area contributed by atoms with Gasteiger partial charge >= 0.3 is 5.97 Å². The van der Waals surface area contributed by atoms with Gasteiger partial charge in [0.2, 0.25) is 10.0 Å². The van der Waals surface area contributed by atoms with Crippen LogP contribution in [-0.4, -0.2) is 43.3 Å². The van der Waals surface area contributed by atoms with Gasteiger partial charge in [0, 0.05) is 26.4 Å². The zero-order valence-corrected chi connectivity index (χ0v) is 12.9. The SMILES string of the molecule is CCn1cc(S(=O)(=O)NCC2(OC)CCC2)cc1C(=O)O. The van der Waals surface area contributed by atoms with Crippen LogP contribution < -0.4 is 4.72 Å². The van der Waals surface area contributed by atoms with E-state index in [0.717, 1.165) is 19.3 Å². The molecule has 1 aromatic rings. The minimum Gasteiger partial charge on any atom is -0.477 e. The van der Waals surface area contributed by atoms with E-state index in [0.29, 0.717) is 6.54 Å². The molecule has 118 valence electrons. The molecule has 0 aliphatic heterocycles. The maximum Gasteiger partial charge on any atom is 0.352 e. The molecule has 0 unspecified atom stereocenters. The highest BCUT2D eigenvalue weighted by Crippen LogP contribution is 2.34. The van der Waals surface area contributed by atoms with Crippen molar-refractivity contribution < 1.29 is 23.1 Å². The molecule has 1 heterocycles. The maximum absolute atomic E-state index is 12.3. The second-order valence-corrected chi connectivity index (χ2v) is 6.98. The lowest BCUT2D eigenvalue weighted by Crippen LogP contribution is -2.49. The topological polar surface area (TPSA) is 97.6 Å². The normalized spacial score (nSPS) is 17.4. The number of rotatable bonds is 7. The quantitative estimate of drug-likeness (QED) is 0.783. The molecular formula is C13H20N2O5S. The zero-order valence-electron chi connectivity index (χ0n) is 12.1. The van der Waals surface area contributed by atoms with Gasteiger partial charge in [-0.15, -0.1) is 0 Å². The van der Waals surface area contributed by atoms with Crippen LogP contribution in [0.4, 0.5) is 0 Å². The molecule has 8 heteroatoms. The first kappa shape index (κ1) is 16.0. The summed E-state index contributed by atoms with van der Waals surface area (Å²) in [5.74, 6) is -1.15. The number of carboxylic acid groups (broad SMARTS) is 1. The summed E-state index contributed by atoms with van der Waals surface area (Å²) < 4.78 is 33.8. The number of ether oxygens (including phenoxy) is 1. The lowest BCUT2D eigenvalue weighted by Gasteiger charge is -2.40. The van der Waals surface area contributed by atoms with Crippen LogP contribution in [-0.2, 0) is 21.3 Å². The Morgan fingerprint density at radius 3 is 2.57 bits per heavy atom. The number of aromatic nitrogens is 1. The first-order valence-corrected chi connectivity index (χ1v) is 8.30. The molecule has 0 saturated heterocycles. The Morgan fingerprint density at radius 1 is 1.52 bits per heavy atom. The molecule has 2 N–H and O–H groups in total. The molecule has 1 aromatic heterocycles. The number of hydrogen-bond acceptors (Lipinski definition) is 4. The van der Waals surface area contributed by atoms with E-state index in [2.05, 4.69) is 4.72 Å². The van der Waals surface area contributed by atoms with Gasteiger partial charge in [-0.2, -0.15) is 0 Å². The fourth-order valence-electron chi connectivity index (χ4n) is 2.41. The Labute approximate surface area is 124 Å². The van der Waals surface area contributed by atoms with Crippen LogP contribution >= 0.6 is 0 Å². The summed E-state index contributed by atoms with van der Waals surface area (Å²) in [5.41, 5.74) is -0.460. The predicted molar refractivity (Wildman–Crippen MR) is 75.8 cm³/mol. The minimum atomic E-state index is -3.74. The van der Waals surface area contributed by atoms with Gasteiger partial charge in [0.1, 0.15) is 10.6 Å². The van der Waals surface area contributed by atoms with Crippen LogP contribution in [0.2, 0.25) is 0 Å². The molecule has 1 saturated carbocycles. The van der Waals surface area contributed by atoms with Gasteiger partial charge < -0.3 is 14.4 Å². The molecule has 0 amide bonds. The molecule has 0 aromatic carbocycles. The number of methoxy groups -OCH3 is 1. The van der Waals surface area contributed by atoms with Crippen molar-refractivity contribution in [1.82, 2.24) is 9.29 Å². The van der Waals surface area contributed by atoms with Crippen LogP contribution in [0, 0.1) is 0 Å². The first-order valence-electron chi connectivity index (χ1n) is 6.82. The molecule has 0 radical (unpaired) electrons. The summed E-state index contributed by atoms with van der Waals surface area (Å²) in [4.78, 5) is 11.0. The second kappa shape index (κ2) is 5.78.